The molecule has 0 fully saturated rings. The standard InChI is InChI=1S/C31H34S5/c1-3-5-7-9-13-23-22(12-8-6-4-2)30(28-18-16-26(34-28)24-14-10-20-32-24)36-31(23)29-19-17-27(35-29)25-15-11-21-33-25/h10-11,14-21H,3-9,12-13H2,1-2H3. The van der Waals surface area contributed by atoms with E-state index in [9.17, 15) is 0 Å². The molecule has 5 heteroatoms. The molecular weight excluding hydrogens is 533 g/mol. The summed E-state index contributed by atoms with van der Waals surface area (Å²) in [6.07, 6.45) is 11.6. The number of rotatable bonds is 13. The summed E-state index contributed by atoms with van der Waals surface area (Å²) in [5.74, 6) is 0. The topological polar surface area (TPSA) is 0 Å². The van der Waals surface area contributed by atoms with Crippen molar-refractivity contribution in [3.8, 4) is 39.0 Å². The average Bonchev–Trinajstić information content (AvgIpc) is 3.72. The molecule has 0 unspecified atom stereocenters. The molecule has 5 heterocycles. The first kappa shape index (κ1) is 26.1. The van der Waals surface area contributed by atoms with Gasteiger partial charge in [0.15, 0.2) is 0 Å². The van der Waals surface area contributed by atoms with Gasteiger partial charge >= 0.3 is 0 Å². The molecule has 36 heavy (non-hydrogen) atoms. The summed E-state index contributed by atoms with van der Waals surface area (Å²) in [6.45, 7) is 4.62. The van der Waals surface area contributed by atoms with Gasteiger partial charge in [0.25, 0.3) is 0 Å². The second-order valence-electron chi connectivity index (χ2n) is 9.27. The Hall–Kier alpha value is -1.50. The third kappa shape index (κ3) is 5.97. The number of hydrogen-bond acceptors (Lipinski definition) is 5. The Bertz CT molecular complexity index is 1330. The third-order valence-corrected chi connectivity index (χ3v) is 12.6. The molecule has 0 saturated heterocycles. The van der Waals surface area contributed by atoms with Gasteiger partial charge in [0.1, 0.15) is 0 Å². The first-order chi connectivity index (χ1) is 17.8. The Balaban J connectivity index is 1.56. The maximum atomic E-state index is 2.38. The fourth-order valence-electron chi connectivity index (χ4n) is 4.73. The average molecular weight is 567 g/mol. The smallest absolute Gasteiger partial charge is 0.0484 e. The molecule has 5 rings (SSSR count). The third-order valence-electron chi connectivity index (χ3n) is 6.61. The molecule has 0 aliphatic heterocycles. The van der Waals surface area contributed by atoms with E-state index in [1.54, 1.807) is 11.1 Å². The quantitative estimate of drug-likeness (QED) is 0.124. The van der Waals surface area contributed by atoms with Crippen LogP contribution in [0.3, 0.4) is 0 Å². The summed E-state index contributed by atoms with van der Waals surface area (Å²) in [4.78, 5) is 11.5. The summed E-state index contributed by atoms with van der Waals surface area (Å²) in [6, 6.07) is 18.3. The van der Waals surface area contributed by atoms with Crippen LogP contribution in [0.1, 0.15) is 69.9 Å². The molecule has 0 aromatic carbocycles. The van der Waals surface area contributed by atoms with E-state index in [2.05, 4.69) is 84.5 Å². The molecular formula is C31H34S5. The van der Waals surface area contributed by atoms with Gasteiger partial charge in [0, 0.05) is 39.0 Å². The monoisotopic (exact) mass is 566 g/mol. The largest absolute Gasteiger partial charge is 0.143 e. The Morgan fingerprint density at radius 2 is 0.944 bits per heavy atom. The molecule has 0 radical (unpaired) electrons. The highest BCUT2D eigenvalue weighted by atomic mass is 32.1. The summed E-state index contributed by atoms with van der Waals surface area (Å²) < 4.78 is 0. The van der Waals surface area contributed by atoms with Crippen LogP contribution < -0.4 is 0 Å². The van der Waals surface area contributed by atoms with Crippen molar-refractivity contribution < 1.29 is 0 Å². The van der Waals surface area contributed by atoms with E-state index in [1.165, 1.54) is 96.8 Å². The lowest BCUT2D eigenvalue weighted by atomic mass is 9.96. The van der Waals surface area contributed by atoms with E-state index in [-0.39, 0.29) is 0 Å². The van der Waals surface area contributed by atoms with Crippen LogP contribution in [0.4, 0.5) is 0 Å². The fourth-order valence-corrected chi connectivity index (χ4v) is 10.1. The normalized spacial score (nSPS) is 11.5. The first-order valence-corrected chi connectivity index (χ1v) is 17.4. The van der Waals surface area contributed by atoms with Crippen LogP contribution in [-0.2, 0) is 12.8 Å². The Kier molecular flexibility index (Phi) is 9.31. The summed E-state index contributed by atoms with van der Waals surface area (Å²) in [5, 5.41) is 4.37. The maximum absolute atomic E-state index is 2.38. The predicted molar refractivity (Wildman–Crippen MR) is 169 cm³/mol. The van der Waals surface area contributed by atoms with E-state index < -0.39 is 0 Å². The molecule has 5 aromatic heterocycles. The number of unbranched alkanes of at least 4 members (excludes halogenated alkanes) is 5. The zero-order chi connectivity index (χ0) is 24.7. The van der Waals surface area contributed by atoms with Gasteiger partial charge in [-0.1, -0.05) is 58.1 Å². The maximum Gasteiger partial charge on any atom is 0.0484 e. The SMILES string of the molecule is CCCCCCc1c(-c2ccc(-c3cccs3)s2)sc(-c2ccc(-c3cccs3)s2)c1CCCCC. The van der Waals surface area contributed by atoms with E-state index in [4.69, 9.17) is 0 Å². The van der Waals surface area contributed by atoms with Crippen LogP contribution in [-0.4, -0.2) is 0 Å². The zero-order valence-corrected chi connectivity index (χ0v) is 25.3. The lowest BCUT2D eigenvalue weighted by molar-refractivity contribution is 0.662. The second kappa shape index (κ2) is 12.8. The highest BCUT2D eigenvalue weighted by Gasteiger charge is 2.22. The van der Waals surface area contributed by atoms with E-state index in [0.717, 1.165) is 0 Å². The van der Waals surface area contributed by atoms with E-state index in [1.807, 2.05) is 45.3 Å². The molecule has 188 valence electrons. The predicted octanol–water partition coefficient (Wildman–Crippen LogP) is 12.5. The Morgan fingerprint density at radius 3 is 1.42 bits per heavy atom. The van der Waals surface area contributed by atoms with Crippen molar-refractivity contribution in [1.82, 2.24) is 0 Å². The molecule has 0 aliphatic carbocycles. The second-order valence-corrected chi connectivity index (χ2v) is 14.4. The summed E-state index contributed by atoms with van der Waals surface area (Å²) >= 11 is 9.70. The van der Waals surface area contributed by atoms with Crippen LogP contribution in [0.2, 0.25) is 0 Å². The van der Waals surface area contributed by atoms with Crippen molar-refractivity contribution >= 4 is 56.7 Å². The van der Waals surface area contributed by atoms with Gasteiger partial charge in [-0.25, -0.2) is 0 Å². The lowest BCUT2D eigenvalue weighted by Gasteiger charge is -2.09. The minimum atomic E-state index is 1.21. The highest BCUT2D eigenvalue weighted by Crippen LogP contribution is 2.49. The van der Waals surface area contributed by atoms with E-state index >= 15 is 0 Å². The van der Waals surface area contributed by atoms with Crippen molar-refractivity contribution in [3.63, 3.8) is 0 Å². The van der Waals surface area contributed by atoms with Crippen LogP contribution in [0.25, 0.3) is 39.0 Å². The van der Waals surface area contributed by atoms with Gasteiger partial charge in [0.05, 0.1) is 0 Å². The van der Waals surface area contributed by atoms with Gasteiger partial charge in [0.2, 0.25) is 0 Å². The van der Waals surface area contributed by atoms with Gasteiger partial charge < -0.3 is 0 Å². The zero-order valence-electron chi connectivity index (χ0n) is 21.2. The Morgan fingerprint density at radius 1 is 0.472 bits per heavy atom. The molecule has 0 N–H and O–H groups in total. The van der Waals surface area contributed by atoms with Crippen LogP contribution in [0.5, 0.6) is 0 Å². The minimum Gasteiger partial charge on any atom is -0.143 e. The molecule has 0 atom stereocenters. The highest BCUT2D eigenvalue weighted by molar-refractivity contribution is 7.29. The minimum absolute atomic E-state index is 1.21. The van der Waals surface area contributed by atoms with Crippen LogP contribution >= 0.6 is 56.7 Å². The van der Waals surface area contributed by atoms with Crippen molar-refractivity contribution in [2.75, 3.05) is 0 Å². The Labute approximate surface area is 236 Å². The van der Waals surface area contributed by atoms with Crippen molar-refractivity contribution in [1.29, 1.82) is 0 Å². The molecule has 0 aliphatic rings. The van der Waals surface area contributed by atoms with Crippen molar-refractivity contribution in [2.24, 2.45) is 0 Å². The summed E-state index contributed by atoms with van der Waals surface area (Å²) in [7, 11) is 0. The van der Waals surface area contributed by atoms with Gasteiger partial charge in [-0.05, 0) is 84.0 Å². The van der Waals surface area contributed by atoms with Crippen molar-refractivity contribution in [3.05, 3.63) is 70.4 Å². The molecule has 0 amide bonds. The van der Waals surface area contributed by atoms with Crippen molar-refractivity contribution in [2.45, 2.75) is 71.6 Å². The van der Waals surface area contributed by atoms with E-state index in [0.29, 0.717) is 0 Å². The molecule has 0 bridgehead atoms. The lowest BCUT2D eigenvalue weighted by Crippen LogP contribution is -1.95. The van der Waals surface area contributed by atoms with Gasteiger partial charge in [-0.3, -0.25) is 0 Å². The molecule has 0 spiro atoms. The molecule has 0 saturated carbocycles. The van der Waals surface area contributed by atoms with Gasteiger partial charge in [-0.2, -0.15) is 0 Å². The van der Waals surface area contributed by atoms with Crippen LogP contribution in [0.15, 0.2) is 59.3 Å². The summed E-state index contributed by atoms with van der Waals surface area (Å²) in [5.41, 5.74) is 3.29. The first-order valence-electron chi connectivity index (χ1n) is 13.2. The molecule has 0 nitrogen and oxygen atoms in total. The number of thiophene rings is 5. The fraction of sp³-hybridized carbons (Fsp3) is 0.355. The number of hydrogen-bond donors (Lipinski definition) is 0. The van der Waals surface area contributed by atoms with Crippen LogP contribution in [0, 0.1) is 0 Å². The van der Waals surface area contributed by atoms with Gasteiger partial charge in [-0.15, -0.1) is 56.7 Å². The molecule has 5 aromatic rings.